The Kier molecular flexibility index (Phi) is 5.63. The van der Waals surface area contributed by atoms with Crippen LogP contribution in [0.2, 0.25) is 0 Å². The molecule has 3 N–H and O–H groups in total. The molecule has 0 amide bonds. The molecule has 0 fully saturated rings. The molecular weight excluding hydrogens is 242 g/mol. The molecule has 0 spiro atoms. The van der Waals surface area contributed by atoms with Crippen molar-refractivity contribution in [3.8, 4) is 11.5 Å². The van der Waals surface area contributed by atoms with Gasteiger partial charge in [0.1, 0.15) is 6.61 Å². The molecule has 0 saturated heterocycles. The molecule has 1 atom stereocenters. The first-order valence-corrected chi connectivity index (χ1v) is 6.72. The van der Waals surface area contributed by atoms with Crippen molar-refractivity contribution in [2.45, 2.75) is 39.8 Å². The number of rotatable bonds is 7. The molecule has 0 bridgehead atoms. The minimum atomic E-state index is -0.884. The van der Waals surface area contributed by atoms with Gasteiger partial charge in [0.05, 0.1) is 12.2 Å². The van der Waals surface area contributed by atoms with Gasteiger partial charge in [0, 0.05) is 12.1 Å². The summed E-state index contributed by atoms with van der Waals surface area (Å²) in [5, 5.41) is 10.2. The summed E-state index contributed by atoms with van der Waals surface area (Å²) in [4.78, 5) is 0. The van der Waals surface area contributed by atoms with Crippen molar-refractivity contribution in [2.75, 3.05) is 13.2 Å². The molecule has 4 heteroatoms. The molecule has 0 saturated carbocycles. The van der Waals surface area contributed by atoms with Crippen molar-refractivity contribution in [3.63, 3.8) is 0 Å². The number of nitrogens with two attached hydrogens (primary N) is 1. The lowest BCUT2D eigenvalue weighted by Crippen LogP contribution is -2.38. The van der Waals surface area contributed by atoms with E-state index in [1.165, 1.54) is 0 Å². The second kappa shape index (κ2) is 6.78. The summed E-state index contributed by atoms with van der Waals surface area (Å²) in [7, 11) is 0. The van der Waals surface area contributed by atoms with Crippen molar-refractivity contribution in [3.05, 3.63) is 23.8 Å². The monoisotopic (exact) mass is 267 g/mol. The van der Waals surface area contributed by atoms with E-state index in [4.69, 9.17) is 15.2 Å². The average Bonchev–Trinajstić information content (AvgIpc) is 2.37. The Morgan fingerprint density at radius 3 is 2.53 bits per heavy atom. The molecule has 0 aliphatic carbocycles. The summed E-state index contributed by atoms with van der Waals surface area (Å²) in [6.45, 7) is 8.75. The van der Waals surface area contributed by atoms with Gasteiger partial charge in [-0.3, -0.25) is 0 Å². The van der Waals surface area contributed by atoms with Crippen LogP contribution in [0.15, 0.2) is 18.2 Å². The van der Waals surface area contributed by atoms with Gasteiger partial charge in [-0.25, -0.2) is 0 Å². The molecular formula is C15H25NO3. The van der Waals surface area contributed by atoms with Crippen molar-refractivity contribution >= 4 is 0 Å². The number of ether oxygens (including phenoxy) is 2. The highest BCUT2D eigenvalue weighted by molar-refractivity contribution is 5.46. The second-order valence-electron chi connectivity index (χ2n) is 5.18. The Morgan fingerprint density at radius 2 is 2.00 bits per heavy atom. The lowest BCUT2D eigenvalue weighted by molar-refractivity contribution is -0.0274. The van der Waals surface area contributed by atoms with Gasteiger partial charge in [0.15, 0.2) is 11.5 Å². The Hall–Kier alpha value is -1.26. The lowest BCUT2D eigenvalue weighted by Gasteiger charge is -2.28. The van der Waals surface area contributed by atoms with E-state index in [1.54, 1.807) is 6.92 Å². The van der Waals surface area contributed by atoms with Crippen LogP contribution in [-0.4, -0.2) is 23.9 Å². The standard InChI is InChI=1S/C15H25NO3/c1-5-18-13-8-6-7-12(9-16)14(13)19-10-15(4,17)11(2)3/h6-8,11,17H,5,9-10,16H2,1-4H3. The van der Waals surface area contributed by atoms with Crippen molar-refractivity contribution in [1.29, 1.82) is 0 Å². The van der Waals surface area contributed by atoms with Gasteiger partial charge < -0.3 is 20.3 Å². The molecule has 4 nitrogen and oxygen atoms in total. The van der Waals surface area contributed by atoms with E-state index in [9.17, 15) is 5.11 Å². The number of hydrogen-bond donors (Lipinski definition) is 2. The molecule has 108 valence electrons. The maximum Gasteiger partial charge on any atom is 0.165 e. The van der Waals surface area contributed by atoms with Crippen LogP contribution in [0.1, 0.15) is 33.3 Å². The molecule has 0 heterocycles. The van der Waals surface area contributed by atoms with Crippen LogP contribution in [0.25, 0.3) is 0 Å². The number of benzene rings is 1. The predicted molar refractivity (Wildman–Crippen MR) is 76.5 cm³/mol. The summed E-state index contributed by atoms with van der Waals surface area (Å²) in [6, 6.07) is 5.64. The van der Waals surface area contributed by atoms with Crippen LogP contribution in [0.3, 0.4) is 0 Å². The maximum atomic E-state index is 10.2. The normalized spacial score (nSPS) is 14.3. The van der Waals surface area contributed by atoms with E-state index < -0.39 is 5.60 Å². The summed E-state index contributed by atoms with van der Waals surface area (Å²) >= 11 is 0. The number of hydrogen-bond acceptors (Lipinski definition) is 4. The lowest BCUT2D eigenvalue weighted by atomic mass is 9.94. The van der Waals surface area contributed by atoms with E-state index >= 15 is 0 Å². The van der Waals surface area contributed by atoms with E-state index in [0.29, 0.717) is 24.7 Å². The fraction of sp³-hybridized carbons (Fsp3) is 0.600. The summed E-state index contributed by atoms with van der Waals surface area (Å²) in [6.07, 6.45) is 0. The highest BCUT2D eigenvalue weighted by Crippen LogP contribution is 2.32. The van der Waals surface area contributed by atoms with Gasteiger partial charge in [-0.2, -0.15) is 0 Å². The first-order chi connectivity index (χ1) is 8.92. The van der Waals surface area contributed by atoms with Crippen molar-refractivity contribution in [2.24, 2.45) is 11.7 Å². The zero-order valence-corrected chi connectivity index (χ0v) is 12.3. The first-order valence-electron chi connectivity index (χ1n) is 6.72. The maximum absolute atomic E-state index is 10.2. The zero-order chi connectivity index (χ0) is 14.5. The average molecular weight is 267 g/mol. The molecule has 0 radical (unpaired) electrons. The summed E-state index contributed by atoms with van der Waals surface area (Å²) in [5.41, 5.74) is 5.71. The number of para-hydroxylation sites is 1. The topological polar surface area (TPSA) is 64.7 Å². The molecule has 1 rings (SSSR count). The van der Waals surface area contributed by atoms with Gasteiger partial charge in [-0.15, -0.1) is 0 Å². The largest absolute Gasteiger partial charge is 0.490 e. The van der Waals surface area contributed by atoms with Gasteiger partial charge in [0.25, 0.3) is 0 Å². The summed E-state index contributed by atoms with van der Waals surface area (Å²) in [5.74, 6) is 1.41. The smallest absolute Gasteiger partial charge is 0.165 e. The Labute approximate surface area is 115 Å². The highest BCUT2D eigenvalue weighted by Gasteiger charge is 2.26. The molecule has 1 aromatic rings. The molecule has 1 aromatic carbocycles. The molecule has 0 aliphatic rings. The van der Waals surface area contributed by atoms with Gasteiger partial charge in [-0.05, 0) is 25.8 Å². The van der Waals surface area contributed by atoms with E-state index in [1.807, 2.05) is 39.0 Å². The van der Waals surface area contributed by atoms with Crippen LogP contribution in [-0.2, 0) is 6.54 Å². The van der Waals surface area contributed by atoms with Crippen LogP contribution in [0.4, 0.5) is 0 Å². The van der Waals surface area contributed by atoms with Crippen LogP contribution < -0.4 is 15.2 Å². The van der Waals surface area contributed by atoms with E-state index in [0.717, 1.165) is 5.56 Å². The fourth-order valence-corrected chi connectivity index (χ4v) is 1.54. The minimum absolute atomic E-state index is 0.105. The van der Waals surface area contributed by atoms with E-state index in [-0.39, 0.29) is 12.5 Å². The number of aliphatic hydroxyl groups is 1. The van der Waals surface area contributed by atoms with Crippen molar-refractivity contribution in [1.82, 2.24) is 0 Å². The quantitative estimate of drug-likeness (QED) is 0.796. The second-order valence-corrected chi connectivity index (χ2v) is 5.18. The molecule has 1 unspecified atom stereocenters. The third-order valence-corrected chi connectivity index (χ3v) is 3.33. The van der Waals surface area contributed by atoms with E-state index in [2.05, 4.69) is 0 Å². The van der Waals surface area contributed by atoms with Gasteiger partial charge >= 0.3 is 0 Å². The zero-order valence-electron chi connectivity index (χ0n) is 12.3. The Morgan fingerprint density at radius 1 is 1.32 bits per heavy atom. The molecule has 0 aliphatic heterocycles. The highest BCUT2D eigenvalue weighted by atomic mass is 16.5. The van der Waals surface area contributed by atoms with Gasteiger partial charge in [0.2, 0.25) is 0 Å². The Bertz CT molecular complexity index is 402. The third kappa shape index (κ3) is 4.11. The predicted octanol–water partition coefficient (Wildman–Crippen LogP) is 2.33. The van der Waals surface area contributed by atoms with Crippen LogP contribution in [0, 0.1) is 5.92 Å². The van der Waals surface area contributed by atoms with Crippen LogP contribution >= 0.6 is 0 Å². The molecule has 19 heavy (non-hydrogen) atoms. The first kappa shape index (κ1) is 15.8. The Balaban J connectivity index is 2.92. The fourth-order valence-electron chi connectivity index (χ4n) is 1.54. The molecule has 0 aromatic heterocycles. The third-order valence-electron chi connectivity index (χ3n) is 3.33. The SMILES string of the molecule is CCOc1cccc(CN)c1OCC(C)(O)C(C)C. The van der Waals surface area contributed by atoms with Crippen LogP contribution in [0.5, 0.6) is 11.5 Å². The van der Waals surface area contributed by atoms with Crippen molar-refractivity contribution < 1.29 is 14.6 Å². The van der Waals surface area contributed by atoms with Gasteiger partial charge in [-0.1, -0.05) is 26.0 Å². The minimum Gasteiger partial charge on any atom is -0.490 e. The summed E-state index contributed by atoms with van der Waals surface area (Å²) < 4.78 is 11.3.